The van der Waals surface area contributed by atoms with Crippen molar-refractivity contribution in [1.29, 1.82) is 5.26 Å². The molecule has 0 aliphatic rings. The van der Waals surface area contributed by atoms with E-state index < -0.39 is 5.92 Å². The van der Waals surface area contributed by atoms with Crippen LogP contribution in [-0.4, -0.2) is 30.2 Å². The maximum Gasteiger partial charge on any atom is 0.137 e. The zero-order valence-corrected chi connectivity index (χ0v) is 18.1. The maximum atomic E-state index is 10.6. The predicted molar refractivity (Wildman–Crippen MR) is 114 cm³/mol. The molecule has 1 atom stereocenters. The van der Waals surface area contributed by atoms with Crippen LogP contribution in [0.25, 0.3) is 10.1 Å². The van der Waals surface area contributed by atoms with Crippen molar-refractivity contribution in [1.82, 2.24) is 0 Å². The summed E-state index contributed by atoms with van der Waals surface area (Å²) in [6.07, 6.45) is 2.12. The lowest BCUT2D eigenvalue weighted by Gasteiger charge is -1.95. The molecule has 1 heterocycles. The highest BCUT2D eigenvalue weighted by Crippen LogP contribution is 2.27. The highest BCUT2D eigenvalue weighted by molar-refractivity contribution is 7.19. The van der Waals surface area contributed by atoms with Gasteiger partial charge in [0.25, 0.3) is 0 Å². The third kappa shape index (κ3) is 12.6. The number of carbonyl (C=O) groups excluding carboxylic acids is 1. The Balaban J connectivity index is -0.000000451. The van der Waals surface area contributed by atoms with Gasteiger partial charge in [-0.3, -0.25) is 0 Å². The van der Waals surface area contributed by atoms with Gasteiger partial charge in [-0.05, 0) is 36.4 Å². The number of fused-ring (bicyclic) bond motifs is 1. The molecule has 2 N–H and O–H groups in total. The van der Waals surface area contributed by atoms with Crippen molar-refractivity contribution in [2.24, 2.45) is 5.92 Å². The Morgan fingerprint density at radius 1 is 1.19 bits per heavy atom. The topological polar surface area (TPSA) is 81.3 Å². The first-order chi connectivity index (χ1) is 12.6. The Kier molecular flexibility index (Phi) is 23.8. The van der Waals surface area contributed by atoms with Crippen molar-refractivity contribution in [3.63, 3.8) is 0 Å². The minimum atomic E-state index is -0.519. The normalized spacial score (nSPS) is 9.38. The Morgan fingerprint density at radius 2 is 1.73 bits per heavy atom. The smallest absolute Gasteiger partial charge is 0.137 e. The molecule has 0 fully saturated rings. The van der Waals surface area contributed by atoms with Crippen molar-refractivity contribution < 1.29 is 15.0 Å². The Bertz CT molecular complexity index is 601. The van der Waals surface area contributed by atoms with Crippen LogP contribution in [0.5, 0.6) is 0 Å². The molecule has 2 rings (SSSR count). The van der Waals surface area contributed by atoms with Crippen molar-refractivity contribution in [2.45, 2.75) is 54.4 Å². The van der Waals surface area contributed by atoms with E-state index in [4.69, 9.17) is 15.5 Å². The van der Waals surface area contributed by atoms with Gasteiger partial charge >= 0.3 is 0 Å². The first kappa shape index (κ1) is 29.0. The minimum Gasteiger partial charge on any atom is -0.400 e. The first-order valence-corrected chi connectivity index (χ1v) is 9.85. The van der Waals surface area contributed by atoms with E-state index in [0.29, 0.717) is 13.0 Å². The van der Waals surface area contributed by atoms with Gasteiger partial charge in [0, 0.05) is 29.7 Å². The Labute approximate surface area is 163 Å². The summed E-state index contributed by atoms with van der Waals surface area (Å²) in [6, 6.07) is 10.3. The van der Waals surface area contributed by atoms with E-state index in [2.05, 4.69) is 31.2 Å². The van der Waals surface area contributed by atoms with Gasteiger partial charge in [0.1, 0.15) is 12.2 Å². The van der Waals surface area contributed by atoms with E-state index in [1.54, 1.807) is 11.3 Å². The van der Waals surface area contributed by atoms with Crippen LogP contribution in [0, 0.1) is 24.2 Å². The molecule has 0 saturated heterocycles. The summed E-state index contributed by atoms with van der Waals surface area (Å²) < 4.78 is 1.22. The Morgan fingerprint density at radius 3 is 2.15 bits per heavy atom. The molecule has 26 heavy (non-hydrogen) atoms. The SMILES string of the molecule is CC.CC.CCCO.CO.Cc1ccc2cc(CC(C#N)C=O)sc2c1. The molecule has 0 bridgehead atoms. The summed E-state index contributed by atoms with van der Waals surface area (Å²) in [5.41, 5.74) is 1.23. The zero-order valence-electron chi connectivity index (χ0n) is 17.2. The number of aliphatic hydroxyl groups is 2. The van der Waals surface area contributed by atoms with Gasteiger partial charge in [-0.2, -0.15) is 5.26 Å². The second-order valence-electron chi connectivity index (χ2n) is 4.55. The first-order valence-electron chi connectivity index (χ1n) is 9.04. The van der Waals surface area contributed by atoms with Gasteiger partial charge in [0.05, 0.1) is 6.07 Å². The van der Waals surface area contributed by atoms with Crippen LogP contribution in [0.15, 0.2) is 24.3 Å². The number of hydrogen-bond acceptors (Lipinski definition) is 5. The van der Waals surface area contributed by atoms with Crippen LogP contribution >= 0.6 is 11.3 Å². The zero-order chi connectivity index (χ0) is 21.0. The molecule has 1 unspecified atom stereocenters. The predicted octanol–water partition coefficient (Wildman–Crippen LogP) is 5.14. The average molecular weight is 382 g/mol. The van der Waals surface area contributed by atoms with Gasteiger partial charge in [-0.25, -0.2) is 0 Å². The summed E-state index contributed by atoms with van der Waals surface area (Å²) in [6.45, 7) is 12.3. The fraction of sp³-hybridized carbons (Fsp3) is 0.524. The molecule has 0 amide bonds. The summed E-state index contributed by atoms with van der Waals surface area (Å²) >= 11 is 1.66. The van der Waals surface area contributed by atoms with E-state index in [1.165, 1.54) is 15.6 Å². The lowest BCUT2D eigenvalue weighted by Crippen LogP contribution is -2.00. The van der Waals surface area contributed by atoms with Crippen LogP contribution < -0.4 is 0 Å². The number of aliphatic hydroxyl groups excluding tert-OH is 2. The number of rotatable bonds is 4. The summed E-state index contributed by atoms with van der Waals surface area (Å²) in [5.74, 6) is -0.519. The molecule has 1 aromatic carbocycles. The minimum absolute atomic E-state index is 0.319. The van der Waals surface area contributed by atoms with Crippen LogP contribution in [0.1, 0.15) is 51.5 Å². The molecule has 0 spiro atoms. The van der Waals surface area contributed by atoms with Crippen LogP contribution in [-0.2, 0) is 11.2 Å². The van der Waals surface area contributed by atoms with E-state index in [0.717, 1.165) is 24.7 Å². The second kappa shape index (κ2) is 21.3. The third-order valence-corrected chi connectivity index (χ3v) is 3.82. The fourth-order valence-corrected chi connectivity index (χ4v) is 2.86. The average Bonchev–Trinajstić information content (AvgIpc) is 3.12. The van der Waals surface area contributed by atoms with Gasteiger partial charge in [-0.15, -0.1) is 11.3 Å². The summed E-state index contributed by atoms with van der Waals surface area (Å²) in [4.78, 5) is 11.7. The second-order valence-corrected chi connectivity index (χ2v) is 5.72. The molecular weight excluding hydrogens is 346 g/mol. The number of nitriles is 1. The molecular formula is C21H35NO3S. The summed E-state index contributed by atoms with van der Waals surface area (Å²) in [7, 11) is 1.00. The van der Waals surface area contributed by atoms with E-state index in [1.807, 2.05) is 40.7 Å². The maximum absolute atomic E-state index is 10.6. The molecule has 0 aliphatic carbocycles. The van der Waals surface area contributed by atoms with E-state index in [9.17, 15) is 4.79 Å². The molecule has 2 aromatic rings. The largest absolute Gasteiger partial charge is 0.400 e. The van der Waals surface area contributed by atoms with E-state index in [-0.39, 0.29) is 0 Å². The van der Waals surface area contributed by atoms with Crippen molar-refractivity contribution in [2.75, 3.05) is 13.7 Å². The quantitative estimate of drug-likeness (QED) is 0.718. The number of aryl methyl sites for hydroxylation is 1. The number of nitrogens with zero attached hydrogens (tertiary/aromatic N) is 1. The monoisotopic (exact) mass is 381 g/mol. The van der Waals surface area contributed by atoms with Gasteiger partial charge in [0.15, 0.2) is 0 Å². The molecule has 4 nitrogen and oxygen atoms in total. The van der Waals surface area contributed by atoms with E-state index >= 15 is 0 Å². The standard InChI is InChI=1S/C13H11NOS.C3H8O.2C2H6.CH4O/c1-9-2-3-11-6-12(16-13(11)4-9)5-10(7-14)8-15;1-2-3-4;3*1-2/h2-4,6,8,10H,5H2,1H3;4H,2-3H2,1H3;2*1-2H3;2H,1H3. The van der Waals surface area contributed by atoms with Crippen molar-refractivity contribution >= 4 is 27.7 Å². The lowest BCUT2D eigenvalue weighted by atomic mass is 10.1. The molecule has 1 aromatic heterocycles. The molecule has 5 heteroatoms. The van der Waals surface area contributed by atoms with Gasteiger partial charge in [0.2, 0.25) is 0 Å². The van der Waals surface area contributed by atoms with Gasteiger partial charge < -0.3 is 15.0 Å². The van der Waals surface area contributed by atoms with Crippen molar-refractivity contribution in [3.05, 3.63) is 34.7 Å². The number of thiophene rings is 1. The lowest BCUT2D eigenvalue weighted by molar-refractivity contribution is -0.109. The number of hydrogen-bond donors (Lipinski definition) is 2. The van der Waals surface area contributed by atoms with Crippen LogP contribution in [0.2, 0.25) is 0 Å². The van der Waals surface area contributed by atoms with Crippen molar-refractivity contribution in [3.8, 4) is 6.07 Å². The molecule has 148 valence electrons. The summed E-state index contributed by atoms with van der Waals surface area (Å²) in [5, 5.41) is 24.8. The number of carbonyl (C=O) groups is 1. The molecule has 0 radical (unpaired) electrons. The molecule has 0 saturated carbocycles. The highest BCUT2D eigenvalue weighted by Gasteiger charge is 2.09. The van der Waals surface area contributed by atoms with Crippen LogP contribution in [0.3, 0.4) is 0 Å². The highest BCUT2D eigenvalue weighted by atomic mass is 32.1. The Hall–Kier alpha value is -1.74. The third-order valence-electron chi connectivity index (χ3n) is 2.70. The number of aldehydes is 1. The van der Waals surface area contributed by atoms with Crippen LogP contribution in [0.4, 0.5) is 0 Å². The fourth-order valence-electron chi connectivity index (χ4n) is 1.63. The molecule has 0 aliphatic heterocycles. The van der Waals surface area contributed by atoms with Gasteiger partial charge in [-0.1, -0.05) is 46.8 Å². The number of benzene rings is 1.